The van der Waals surface area contributed by atoms with Gasteiger partial charge in [-0.1, -0.05) is 24.4 Å². The van der Waals surface area contributed by atoms with Crippen LogP contribution in [0.5, 0.6) is 0 Å². The summed E-state index contributed by atoms with van der Waals surface area (Å²) in [5, 5.41) is 4.52. The smallest absolute Gasteiger partial charge is 0.271 e. The molecule has 3 aromatic rings. The first-order valence-electron chi connectivity index (χ1n) is 14.3. The van der Waals surface area contributed by atoms with Crippen LogP contribution < -0.4 is 10.9 Å². The molecule has 39 heavy (non-hydrogen) atoms. The number of hydrogen-bond acceptors (Lipinski definition) is 6. The minimum absolute atomic E-state index is 0.116. The summed E-state index contributed by atoms with van der Waals surface area (Å²) in [5.41, 5.74) is 2.74. The molecule has 3 aliphatic rings. The molecule has 7 nitrogen and oxygen atoms in total. The van der Waals surface area contributed by atoms with Crippen LogP contribution >= 0.6 is 11.6 Å². The number of fused-ring (bicyclic) bond motifs is 1. The number of likely N-dealkylation sites (tertiary alicyclic amines) is 1. The van der Waals surface area contributed by atoms with Crippen molar-refractivity contribution in [3.63, 3.8) is 0 Å². The van der Waals surface area contributed by atoms with Gasteiger partial charge in [0.15, 0.2) is 0 Å². The van der Waals surface area contributed by atoms with Gasteiger partial charge in [0.05, 0.1) is 10.8 Å². The number of nitrogens with zero attached hydrogens (tertiary/aromatic N) is 4. The largest absolute Gasteiger partial charge is 0.324 e. The summed E-state index contributed by atoms with van der Waals surface area (Å²) in [7, 11) is -1.01. The highest BCUT2D eigenvalue weighted by Crippen LogP contribution is 2.46. The summed E-state index contributed by atoms with van der Waals surface area (Å²) in [6.07, 6.45) is 10.3. The van der Waals surface area contributed by atoms with E-state index in [1.807, 2.05) is 25.1 Å². The summed E-state index contributed by atoms with van der Waals surface area (Å²) >= 11 is 6.27. The molecule has 1 atom stereocenters. The Morgan fingerprint density at radius 2 is 1.82 bits per heavy atom. The third kappa shape index (κ3) is 5.16. The summed E-state index contributed by atoms with van der Waals surface area (Å²) < 4.78 is 15.3. The number of halogens is 1. The van der Waals surface area contributed by atoms with Crippen molar-refractivity contribution < 1.29 is 4.21 Å². The summed E-state index contributed by atoms with van der Waals surface area (Å²) in [6.45, 7) is 8.95. The molecule has 208 valence electrons. The van der Waals surface area contributed by atoms with Crippen LogP contribution in [-0.2, 0) is 10.8 Å². The number of rotatable bonds is 6. The van der Waals surface area contributed by atoms with E-state index < -0.39 is 10.8 Å². The van der Waals surface area contributed by atoms with Gasteiger partial charge in [-0.2, -0.15) is 4.98 Å². The normalized spacial score (nSPS) is 21.1. The second-order valence-corrected chi connectivity index (χ2v) is 14.3. The monoisotopic (exact) mass is 567 g/mol. The van der Waals surface area contributed by atoms with Crippen molar-refractivity contribution in [2.45, 2.75) is 94.4 Å². The minimum Gasteiger partial charge on any atom is -0.324 e. The summed E-state index contributed by atoms with van der Waals surface area (Å²) in [4.78, 5) is 25.6. The van der Waals surface area contributed by atoms with Crippen LogP contribution in [0.1, 0.15) is 76.8 Å². The standard InChI is InChI=1S/C30H38ClN5O2S/c1-19(2)35-17-30(18-35)12-10-23(11-13-30)39(38)24-8-9-26(20(3)14-24)33-29-32-16-21-15-25(31)28(37)36(27(21)34-29)22-6-4-5-7-22/h8-9,14-16,19,22-23H,4-7,10-13,17-18H2,1-3H3,(H,32,33,34). The molecule has 1 N–H and O–H groups in total. The van der Waals surface area contributed by atoms with E-state index in [2.05, 4.69) is 29.0 Å². The Hall–Kier alpha value is -2.29. The predicted octanol–water partition coefficient (Wildman–Crippen LogP) is 6.37. The molecule has 1 spiro atoms. The highest BCUT2D eigenvalue weighted by Gasteiger charge is 2.46. The maximum absolute atomic E-state index is 13.5. The van der Waals surface area contributed by atoms with E-state index in [0.29, 0.717) is 23.1 Å². The molecule has 2 saturated carbocycles. The van der Waals surface area contributed by atoms with E-state index in [9.17, 15) is 9.00 Å². The molecule has 1 saturated heterocycles. The number of pyridine rings is 1. The van der Waals surface area contributed by atoms with E-state index in [-0.39, 0.29) is 21.9 Å². The van der Waals surface area contributed by atoms with Crippen LogP contribution in [0, 0.1) is 12.3 Å². The van der Waals surface area contributed by atoms with E-state index >= 15 is 0 Å². The Labute approximate surface area is 237 Å². The average molecular weight is 568 g/mol. The first-order chi connectivity index (χ1) is 18.7. The lowest BCUT2D eigenvalue weighted by Gasteiger charge is -2.55. The molecule has 3 heterocycles. The molecule has 0 bridgehead atoms. The summed E-state index contributed by atoms with van der Waals surface area (Å²) in [5.74, 6) is 0.432. The fraction of sp³-hybridized carbons (Fsp3) is 0.567. The van der Waals surface area contributed by atoms with Gasteiger partial charge in [-0.25, -0.2) is 4.98 Å². The molecule has 0 radical (unpaired) electrons. The number of benzene rings is 1. The fourth-order valence-corrected chi connectivity index (χ4v) is 8.53. The van der Waals surface area contributed by atoms with Gasteiger partial charge in [0.2, 0.25) is 5.95 Å². The maximum atomic E-state index is 13.5. The third-order valence-electron chi connectivity index (χ3n) is 9.20. The van der Waals surface area contributed by atoms with Crippen molar-refractivity contribution in [3.05, 3.63) is 51.4 Å². The zero-order chi connectivity index (χ0) is 27.3. The molecule has 2 aromatic heterocycles. The highest BCUT2D eigenvalue weighted by atomic mass is 35.5. The molecular formula is C30H38ClN5O2S. The molecule has 9 heteroatoms. The first kappa shape index (κ1) is 26.9. The average Bonchev–Trinajstić information content (AvgIpc) is 3.43. The van der Waals surface area contributed by atoms with E-state index in [1.54, 1.807) is 16.8 Å². The Balaban J connectivity index is 1.17. The van der Waals surface area contributed by atoms with Crippen molar-refractivity contribution in [1.82, 2.24) is 19.4 Å². The Morgan fingerprint density at radius 1 is 1.10 bits per heavy atom. The van der Waals surface area contributed by atoms with Crippen LogP contribution in [-0.4, -0.2) is 48.0 Å². The lowest BCUT2D eigenvalue weighted by atomic mass is 9.68. The molecule has 2 aliphatic carbocycles. The molecule has 1 unspecified atom stereocenters. The second kappa shape index (κ2) is 10.6. The van der Waals surface area contributed by atoms with E-state index in [1.165, 1.54) is 25.9 Å². The van der Waals surface area contributed by atoms with E-state index in [4.69, 9.17) is 16.6 Å². The van der Waals surface area contributed by atoms with Crippen molar-refractivity contribution >= 4 is 45.1 Å². The molecule has 1 aliphatic heterocycles. The van der Waals surface area contributed by atoms with Crippen molar-refractivity contribution in [3.8, 4) is 0 Å². The topological polar surface area (TPSA) is 80.1 Å². The quantitative estimate of drug-likeness (QED) is 0.373. The van der Waals surface area contributed by atoms with Crippen LogP contribution in [0.15, 0.2) is 40.2 Å². The molecule has 1 aromatic carbocycles. The lowest BCUT2D eigenvalue weighted by Crippen LogP contribution is -2.60. The maximum Gasteiger partial charge on any atom is 0.271 e. The van der Waals surface area contributed by atoms with Gasteiger partial charge in [0.1, 0.15) is 10.7 Å². The van der Waals surface area contributed by atoms with Gasteiger partial charge in [-0.05, 0) is 94.5 Å². The number of anilines is 2. The fourth-order valence-electron chi connectivity index (χ4n) is 6.78. The van der Waals surface area contributed by atoms with Crippen molar-refractivity contribution in [2.24, 2.45) is 5.41 Å². The number of aryl methyl sites for hydroxylation is 1. The Kier molecular flexibility index (Phi) is 7.31. The molecule has 3 fully saturated rings. The van der Waals surface area contributed by atoms with Gasteiger partial charge in [0, 0.05) is 52.6 Å². The first-order valence-corrected chi connectivity index (χ1v) is 15.9. The zero-order valence-corrected chi connectivity index (χ0v) is 24.7. The number of hydrogen-bond donors (Lipinski definition) is 1. The Bertz CT molecular complexity index is 1470. The van der Waals surface area contributed by atoms with E-state index in [0.717, 1.165) is 60.1 Å². The molecule has 0 amide bonds. The van der Waals surface area contributed by atoms with Crippen LogP contribution in [0.3, 0.4) is 0 Å². The van der Waals surface area contributed by atoms with Crippen LogP contribution in [0.25, 0.3) is 11.0 Å². The predicted molar refractivity (Wildman–Crippen MR) is 159 cm³/mol. The highest BCUT2D eigenvalue weighted by molar-refractivity contribution is 7.85. The van der Waals surface area contributed by atoms with Gasteiger partial charge in [-0.15, -0.1) is 0 Å². The number of aromatic nitrogens is 3. The Morgan fingerprint density at radius 3 is 2.49 bits per heavy atom. The summed E-state index contributed by atoms with van der Waals surface area (Å²) in [6, 6.07) is 8.36. The van der Waals surface area contributed by atoms with Gasteiger partial charge in [-0.3, -0.25) is 18.5 Å². The van der Waals surface area contributed by atoms with Crippen LogP contribution in [0.2, 0.25) is 5.02 Å². The zero-order valence-electron chi connectivity index (χ0n) is 23.1. The van der Waals surface area contributed by atoms with Crippen molar-refractivity contribution in [1.29, 1.82) is 0 Å². The third-order valence-corrected chi connectivity index (χ3v) is 11.3. The molecular weight excluding hydrogens is 530 g/mol. The minimum atomic E-state index is -1.01. The van der Waals surface area contributed by atoms with Gasteiger partial charge >= 0.3 is 0 Å². The van der Waals surface area contributed by atoms with Crippen molar-refractivity contribution in [2.75, 3.05) is 18.4 Å². The molecule has 6 rings (SSSR count). The van der Waals surface area contributed by atoms with Crippen LogP contribution in [0.4, 0.5) is 11.6 Å². The number of nitrogens with one attached hydrogen (secondary N) is 1. The van der Waals surface area contributed by atoms with Gasteiger partial charge < -0.3 is 5.32 Å². The van der Waals surface area contributed by atoms with Gasteiger partial charge in [0.25, 0.3) is 5.56 Å². The second-order valence-electron chi connectivity index (χ2n) is 12.2. The SMILES string of the molecule is Cc1cc(S(=O)C2CCC3(CC2)CN(C(C)C)C3)ccc1Nc1ncc2cc(Cl)c(=O)n(C3CCCC3)c2n1. The lowest BCUT2D eigenvalue weighted by molar-refractivity contribution is -0.0457.